The summed E-state index contributed by atoms with van der Waals surface area (Å²) in [5.74, 6) is 0.971. The van der Waals surface area contributed by atoms with Gasteiger partial charge in [0.15, 0.2) is 16.6 Å². The number of rotatable bonds is 6. The summed E-state index contributed by atoms with van der Waals surface area (Å²) in [6, 6.07) is 11.1. The van der Waals surface area contributed by atoms with Crippen molar-refractivity contribution in [3.05, 3.63) is 35.9 Å². The van der Waals surface area contributed by atoms with Crippen molar-refractivity contribution >= 4 is 16.6 Å². The molecule has 0 amide bonds. The van der Waals surface area contributed by atoms with E-state index in [0.29, 0.717) is 17.9 Å². The maximum Gasteiger partial charge on any atom is 0.192 e. The third kappa shape index (κ3) is 6.06. The first-order valence-corrected chi connectivity index (χ1v) is 17.3. The Morgan fingerprint density at radius 3 is 1.90 bits per heavy atom. The first-order chi connectivity index (χ1) is 13.2. The molecule has 1 aromatic carbocycles. The van der Waals surface area contributed by atoms with Crippen LogP contribution in [0.4, 0.5) is 0 Å². The van der Waals surface area contributed by atoms with Gasteiger partial charge in [-0.05, 0) is 60.6 Å². The highest BCUT2D eigenvalue weighted by Gasteiger charge is 2.45. The molecule has 166 valence electrons. The zero-order valence-corrected chi connectivity index (χ0v) is 22.8. The number of hydrogen-bond acceptors (Lipinski definition) is 2. The fraction of sp³-hybridized carbons (Fsp3) is 0.760. The fourth-order valence-corrected chi connectivity index (χ4v) is 6.25. The minimum absolute atomic E-state index is 0.235. The maximum atomic E-state index is 7.03. The van der Waals surface area contributed by atoms with Crippen LogP contribution in [-0.4, -0.2) is 29.3 Å². The predicted molar refractivity (Wildman–Crippen MR) is 132 cm³/mol. The normalized spacial score (nSPS) is 24.6. The van der Waals surface area contributed by atoms with Crippen LogP contribution in [-0.2, 0) is 8.85 Å². The molecule has 2 nitrogen and oxygen atoms in total. The highest BCUT2D eigenvalue weighted by Crippen LogP contribution is 2.46. The Bertz CT molecular complexity index is 641. The molecule has 0 aromatic heterocycles. The lowest BCUT2D eigenvalue weighted by molar-refractivity contribution is 0.0589. The molecule has 1 fully saturated rings. The second-order valence-corrected chi connectivity index (χ2v) is 21.7. The molecule has 2 rings (SSSR count). The summed E-state index contributed by atoms with van der Waals surface area (Å²) >= 11 is 0. The zero-order chi connectivity index (χ0) is 22.1. The van der Waals surface area contributed by atoms with Gasteiger partial charge >= 0.3 is 0 Å². The third-order valence-corrected chi connectivity index (χ3v) is 16.9. The Morgan fingerprint density at radius 2 is 1.38 bits per heavy atom. The molecule has 0 bridgehead atoms. The number of hydrogen-bond donors (Lipinski definition) is 0. The van der Waals surface area contributed by atoms with E-state index in [1.165, 1.54) is 24.8 Å². The van der Waals surface area contributed by atoms with Crippen molar-refractivity contribution in [3.8, 4) is 0 Å². The van der Waals surface area contributed by atoms with Gasteiger partial charge in [-0.1, -0.05) is 78.3 Å². The molecule has 0 heterocycles. The van der Waals surface area contributed by atoms with Crippen LogP contribution in [0.5, 0.6) is 0 Å². The summed E-state index contributed by atoms with van der Waals surface area (Å²) in [5.41, 5.74) is 1.43. The van der Waals surface area contributed by atoms with E-state index >= 15 is 0 Å². The molecule has 1 saturated carbocycles. The third-order valence-electron chi connectivity index (χ3n) is 7.87. The van der Waals surface area contributed by atoms with E-state index in [0.717, 1.165) is 6.61 Å². The minimum atomic E-state index is -1.82. The van der Waals surface area contributed by atoms with Crippen LogP contribution >= 0.6 is 0 Å². The topological polar surface area (TPSA) is 18.5 Å². The van der Waals surface area contributed by atoms with Crippen LogP contribution in [0, 0.1) is 5.92 Å². The average molecular weight is 435 g/mol. The lowest BCUT2D eigenvalue weighted by Crippen LogP contribution is -2.48. The van der Waals surface area contributed by atoms with Crippen LogP contribution < -0.4 is 0 Å². The van der Waals surface area contributed by atoms with Gasteiger partial charge in [0.2, 0.25) is 0 Å². The monoisotopic (exact) mass is 434 g/mol. The van der Waals surface area contributed by atoms with Crippen molar-refractivity contribution in [1.29, 1.82) is 0 Å². The maximum absolute atomic E-state index is 7.03. The molecule has 0 N–H and O–H groups in total. The van der Waals surface area contributed by atoms with Gasteiger partial charge in [0.1, 0.15) is 0 Å². The van der Waals surface area contributed by atoms with E-state index in [1.54, 1.807) is 0 Å². The molecule has 0 spiro atoms. The van der Waals surface area contributed by atoms with Crippen LogP contribution in [0.25, 0.3) is 0 Å². The van der Waals surface area contributed by atoms with Gasteiger partial charge in [-0.25, -0.2) is 0 Å². The van der Waals surface area contributed by atoms with Crippen LogP contribution in [0.3, 0.4) is 0 Å². The second kappa shape index (κ2) is 8.98. The highest BCUT2D eigenvalue weighted by atomic mass is 28.4. The first-order valence-electron chi connectivity index (χ1n) is 11.5. The molecule has 0 aliphatic heterocycles. The smallest absolute Gasteiger partial charge is 0.192 e. The Hall–Kier alpha value is -0.426. The Labute approximate surface area is 183 Å². The summed E-state index contributed by atoms with van der Waals surface area (Å²) < 4.78 is 13.8. The second-order valence-electron chi connectivity index (χ2n) is 12.1. The van der Waals surface area contributed by atoms with Gasteiger partial charge in [0, 0.05) is 12.5 Å². The summed E-state index contributed by atoms with van der Waals surface area (Å²) in [5, 5.41) is 0.486. The van der Waals surface area contributed by atoms with E-state index in [-0.39, 0.29) is 10.1 Å². The summed E-state index contributed by atoms with van der Waals surface area (Å²) in [7, 11) is -3.57. The van der Waals surface area contributed by atoms with Crippen molar-refractivity contribution in [2.45, 2.75) is 109 Å². The van der Waals surface area contributed by atoms with E-state index < -0.39 is 16.6 Å². The standard InChI is InChI=1S/C25H46O2Si2/c1-24(2,3)28(7,8)26-19-21-17-14-18-22(27-29(9,10)25(4,5)6)23(21)20-15-12-11-13-16-20/h11-13,15-16,21-23H,14,17-19H2,1-10H3/t21-,22-,23+/m0/s1. The molecule has 4 heteroatoms. The van der Waals surface area contributed by atoms with Crippen LogP contribution in [0.2, 0.25) is 36.3 Å². The predicted octanol–water partition coefficient (Wildman–Crippen LogP) is 7.98. The van der Waals surface area contributed by atoms with Gasteiger partial charge in [-0.15, -0.1) is 0 Å². The lowest BCUT2D eigenvalue weighted by atomic mass is 9.74. The van der Waals surface area contributed by atoms with E-state index in [2.05, 4.69) is 98.1 Å². The fourth-order valence-electron chi connectivity index (χ4n) is 3.81. The molecular formula is C25H46O2Si2. The molecule has 1 aromatic rings. The summed E-state index contributed by atoms with van der Waals surface area (Å²) in [6.07, 6.45) is 3.96. The van der Waals surface area contributed by atoms with Gasteiger partial charge in [0.25, 0.3) is 0 Å². The largest absolute Gasteiger partial charge is 0.417 e. The summed E-state index contributed by atoms with van der Waals surface area (Å²) in [6.45, 7) is 24.4. The van der Waals surface area contributed by atoms with Gasteiger partial charge in [0.05, 0.1) is 6.10 Å². The van der Waals surface area contributed by atoms with Crippen LogP contribution in [0.15, 0.2) is 30.3 Å². The lowest BCUT2D eigenvalue weighted by Gasteiger charge is -2.46. The van der Waals surface area contributed by atoms with Crippen molar-refractivity contribution in [2.24, 2.45) is 5.92 Å². The molecule has 3 atom stereocenters. The van der Waals surface area contributed by atoms with Gasteiger partial charge in [-0.2, -0.15) is 0 Å². The number of benzene rings is 1. The molecule has 0 radical (unpaired) electrons. The SMILES string of the molecule is CC(C)(C)[Si](C)(C)OC[C@@H]1CCC[C@H](O[Si](C)(C)C(C)(C)C)[C@@H]1c1ccccc1. The van der Waals surface area contributed by atoms with E-state index in [1.807, 2.05) is 0 Å². The van der Waals surface area contributed by atoms with Gasteiger partial charge < -0.3 is 8.85 Å². The quantitative estimate of drug-likeness (QED) is 0.422. The molecule has 29 heavy (non-hydrogen) atoms. The Morgan fingerprint density at radius 1 is 0.828 bits per heavy atom. The molecule has 0 saturated heterocycles. The molecular weight excluding hydrogens is 388 g/mol. The van der Waals surface area contributed by atoms with E-state index in [4.69, 9.17) is 8.85 Å². The zero-order valence-electron chi connectivity index (χ0n) is 20.8. The molecule has 1 aliphatic carbocycles. The highest BCUT2D eigenvalue weighted by molar-refractivity contribution is 6.74. The Balaban J connectivity index is 2.28. The van der Waals surface area contributed by atoms with Crippen molar-refractivity contribution < 1.29 is 8.85 Å². The van der Waals surface area contributed by atoms with Crippen molar-refractivity contribution in [2.75, 3.05) is 6.61 Å². The first kappa shape index (κ1) is 24.8. The van der Waals surface area contributed by atoms with Crippen molar-refractivity contribution in [3.63, 3.8) is 0 Å². The van der Waals surface area contributed by atoms with Crippen molar-refractivity contribution in [1.82, 2.24) is 0 Å². The minimum Gasteiger partial charge on any atom is -0.417 e. The van der Waals surface area contributed by atoms with Crippen LogP contribution in [0.1, 0.15) is 72.3 Å². The van der Waals surface area contributed by atoms with E-state index in [9.17, 15) is 0 Å². The molecule has 0 unspecified atom stereocenters. The summed E-state index contributed by atoms with van der Waals surface area (Å²) in [4.78, 5) is 0. The van der Waals surface area contributed by atoms with Gasteiger partial charge in [-0.3, -0.25) is 0 Å². The Kier molecular flexibility index (Phi) is 7.69. The average Bonchev–Trinajstić information content (AvgIpc) is 2.58. The molecule has 1 aliphatic rings.